The van der Waals surface area contributed by atoms with Gasteiger partial charge in [-0.3, -0.25) is 4.72 Å². The molecule has 0 aliphatic rings. The van der Waals surface area contributed by atoms with Gasteiger partial charge in [0.15, 0.2) is 0 Å². The number of hydrogen-bond donors (Lipinski definition) is 2. The van der Waals surface area contributed by atoms with Crippen LogP contribution in [0.15, 0.2) is 0 Å². The lowest BCUT2D eigenvalue weighted by atomic mass is 10.8. The quantitative estimate of drug-likeness (QED) is 0.640. The van der Waals surface area contributed by atoms with Gasteiger partial charge in [0.05, 0.1) is 0 Å². The van der Waals surface area contributed by atoms with Crippen molar-refractivity contribution in [1.29, 1.82) is 0 Å². The Labute approximate surface area is 72.8 Å². The number of nitrogens with one attached hydrogen (secondary N) is 1. The van der Waals surface area contributed by atoms with E-state index in [-0.39, 0.29) is 0 Å². The van der Waals surface area contributed by atoms with Crippen molar-refractivity contribution < 1.29 is 0 Å². The van der Waals surface area contributed by atoms with Gasteiger partial charge in [0.25, 0.3) is 0 Å². The van der Waals surface area contributed by atoms with Crippen LogP contribution in [0.5, 0.6) is 0 Å². The standard InChI is InChI=1S/2C3H9NS/c1-5-3-2-4;1-3-4-5-2/h2-4H2,1H3;4H,3H2,1-2H3. The Kier molecular flexibility index (Phi) is 21.6. The summed E-state index contributed by atoms with van der Waals surface area (Å²) in [5.74, 6) is 1.08. The SMILES string of the molecule is CCNSC.CSCCN. The molecule has 2 nitrogen and oxygen atoms in total. The molecular formula is C6H18N2S2. The summed E-state index contributed by atoms with van der Waals surface area (Å²) in [6.07, 6.45) is 4.07. The summed E-state index contributed by atoms with van der Waals surface area (Å²) in [6.45, 7) is 3.94. The fourth-order valence-electron chi connectivity index (χ4n) is 0.262. The zero-order chi connectivity index (χ0) is 8.24. The first-order valence-electron chi connectivity index (χ1n) is 3.28. The molecule has 0 aliphatic heterocycles. The Morgan fingerprint density at radius 1 is 1.40 bits per heavy atom. The molecule has 0 rings (SSSR count). The third-order valence-corrected chi connectivity index (χ3v) is 1.83. The fourth-order valence-corrected chi connectivity index (χ4v) is 0.787. The molecule has 0 saturated heterocycles. The molecule has 0 aliphatic carbocycles. The van der Waals surface area contributed by atoms with E-state index in [4.69, 9.17) is 5.73 Å². The second kappa shape index (κ2) is 16.3. The molecule has 3 N–H and O–H groups in total. The van der Waals surface area contributed by atoms with Crippen LogP contribution < -0.4 is 10.5 Å². The van der Waals surface area contributed by atoms with Crippen LogP contribution in [0.25, 0.3) is 0 Å². The van der Waals surface area contributed by atoms with Crippen LogP contribution >= 0.6 is 23.7 Å². The van der Waals surface area contributed by atoms with E-state index < -0.39 is 0 Å². The smallest absolute Gasteiger partial charge is 0.00530 e. The minimum Gasteiger partial charge on any atom is -0.330 e. The number of nitrogens with two attached hydrogens (primary N) is 1. The summed E-state index contributed by atoms with van der Waals surface area (Å²) in [6, 6.07) is 0. The molecule has 0 atom stereocenters. The van der Waals surface area contributed by atoms with Crippen LogP contribution in [-0.4, -0.2) is 31.4 Å². The van der Waals surface area contributed by atoms with Crippen LogP contribution in [0.4, 0.5) is 0 Å². The lowest BCUT2D eigenvalue weighted by Crippen LogP contribution is -1.99. The van der Waals surface area contributed by atoms with Crippen LogP contribution in [0.2, 0.25) is 0 Å². The summed E-state index contributed by atoms with van der Waals surface area (Å²) in [4.78, 5) is 0. The highest BCUT2D eigenvalue weighted by Crippen LogP contribution is 1.83. The second-order valence-electron chi connectivity index (χ2n) is 1.48. The molecule has 0 fully saturated rings. The van der Waals surface area contributed by atoms with Gasteiger partial charge in [0, 0.05) is 18.8 Å². The average molecular weight is 182 g/mol. The minimum absolute atomic E-state index is 0.807. The molecule has 0 aromatic heterocycles. The summed E-state index contributed by atoms with van der Waals surface area (Å²) < 4.78 is 3.03. The predicted molar refractivity (Wildman–Crippen MR) is 54.6 cm³/mol. The van der Waals surface area contributed by atoms with Crippen molar-refractivity contribution in [3.63, 3.8) is 0 Å². The molecule has 4 heteroatoms. The predicted octanol–water partition coefficient (Wildman–Crippen LogP) is 1.18. The molecule has 0 saturated carbocycles. The first-order valence-corrected chi connectivity index (χ1v) is 5.90. The van der Waals surface area contributed by atoms with Crippen molar-refractivity contribution in [3.8, 4) is 0 Å². The van der Waals surface area contributed by atoms with E-state index in [9.17, 15) is 0 Å². The van der Waals surface area contributed by atoms with Crippen LogP contribution in [-0.2, 0) is 0 Å². The first kappa shape index (κ1) is 13.2. The molecule has 0 aromatic rings. The number of thioether (sulfide) groups is 1. The molecule has 10 heavy (non-hydrogen) atoms. The third kappa shape index (κ3) is 23.4. The Balaban J connectivity index is 0. The van der Waals surface area contributed by atoms with Gasteiger partial charge in [0.2, 0.25) is 0 Å². The van der Waals surface area contributed by atoms with Gasteiger partial charge in [-0.15, -0.1) is 0 Å². The Hall–Kier alpha value is 0.620. The van der Waals surface area contributed by atoms with Crippen molar-refractivity contribution in [2.75, 3.05) is 31.4 Å². The molecule has 64 valence electrons. The summed E-state index contributed by atoms with van der Waals surface area (Å²) >= 11 is 3.43. The van der Waals surface area contributed by atoms with Crippen molar-refractivity contribution in [2.24, 2.45) is 5.73 Å². The molecular weight excluding hydrogens is 164 g/mol. The maximum absolute atomic E-state index is 5.12. The van der Waals surface area contributed by atoms with E-state index in [1.807, 2.05) is 12.5 Å². The Morgan fingerprint density at radius 2 is 2.00 bits per heavy atom. The van der Waals surface area contributed by atoms with Gasteiger partial charge in [-0.2, -0.15) is 11.8 Å². The summed E-state index contributed by atoms with van der Waals surface area (Å²) in [5, 5.41) is 0. The van der Waals surface area contributed by atoms with Gasteiger partial charge in [-0.25, -0.2) is 0 Å². The zero-order valence-electron chi connectivity index (χ0n) is 7.02. The van der Waals surface area contributed by atoms with Crippen molar-refractivity contribution in [3.05, 3.63) is 0 Å². The first-order chi connectivity index (χ1) is 4.83. The lowest BCUT2D eigenvalue weighted by Gasteiger charge is -1.85. The van der Waals surface area contributed by atoms with Gasteiger partial charge >= 0.3 is 0 Å². The van der Waals surface area contributed by atoms with Crippen molar-refractivity contribution >= 4 is 23.7 Å². The Bertz CT molecular complexity index is 34.7. The highest BCUT2D eigenvalue weighted by Gasteiger charge is 1.67. The molecule has 0 aromatic carbocycles. The number of rotatable bonds is 4. The van der Waals surface area contributed by atoms with Crippen molar-refractivity contribution in [1.82, 2.24) is 4.72 Å². The highest BCUT2D eigenvalue weighted by atomic mass is 32.2. The van der Waals surface area contributed by atoms with Gasteiger partial charge in [0.1, 0.15) is 0 Å². The van der Waals surface area contributed by atoms with Gasteiger partial charge in [-0.05, 0) is 12.5 Å². The van der Waals surface area contributed by atoms with Gasteiger partial charge in [-0.1, -0.05) is 18.9 Å². The van der Waals surface area contributed by atoms with Crippen LogP contribution in [0.3, 0.4) is 0 Å². The topological polar surface area (TPSA) is 38.0 Å². The molecule has 0 spiro atoms. The van der Waals surface area contributed by atoms with E-state index in [1.54, 1.807) is 23.7 Å². The maximum Gasteiger partial charge on any atom is 0.00530 e. The van der Waals surface area contributed by atoms with Crippen molar-refractivity contribution in [2.45, 2.75) is 6.92 Å². The highest BCUT2D eigenvalue weighted by molar-refractivity contribution is 7.98. The largest absolute Gasteiger partial charge is 0.330 e. The third-order valence-electron chi connectivity index (χ3n) is 0.611. The molecule has 0 bridgehead atoms. The Morgan fingerprint density at radius 3 is 2.00 bits per heavy atom. The van der Waals surface area contributed by atoms with E-state index in [1.165, 1.54) is 0 Å². The van der Waals surface area contributed by atoms with Crippen LogP contribution in [0, 0.1) is 0 Å². The fraction of sp³-hybridized carbons (Fsp3) is 1.00. The second-order valence-corrected chi connectivity index (χ2v) is 3.17. The van der Waals surface area contributed by atoms with E-state index >= 15 is 0 Å². The number of hydrogen-bond acceptors (Lipinski definition) is 4. The average Bonchev–Trinajstić information content (AvgIpc) is 1.93. The van der Waals surface area contributed by atoms with Gasteiger partial charge < -0.3 is 5.73 Å². The monoisotopic (exact) mass is 182 g/mol. The summed E-state index contributed by atoms with van der Waals surface area (Å²) in [7, 11) is 0. The van der Waals surface area contributed by atoms with E-state index in [2.05, 4.69) is 11.6 Å². The minimum atomic E-state index is 0.807. The maximum atomic E-state index is 5.12. The zero-order valence-corrected chi connectivity index (χ0v) is 8.65. The normalized spacial score (nSPS) is 8.40. The van der Waals surface area contributed by atoms with E-state index in [0.717, 1.165) is 18.8 Å². The molecule has 0 amide bonds. The lowest BCUT2D eigenvalue weighted by molar-refractivity contribution is 1.04. The van der Waals surface area contributed by atoms with E-state index in [0.29, 0.717) is 0 Å². The molecule has 0 unspecified atom stereocenters. The molecule has 0 radical (unpaired) electrons. The van der Waals surface area contributed by atoms with Crippen LogP contribution in [0.1, 0.15) is 6.92 Å². The summed E-state index contributed by atoms with van der Waals surface area (Å²) in [5.41, 5.74) is 5.12. The molecule has 0 heterocycles.